The molecule has 1 N–H and O–H groups in total. The second kappa shape index (κ2) is 63.7. The molecule has 474 valence electrons. The summed E-state index contributed by atoms with van der Waals surface area (Å²) in [6.07, 6.45) is 87.3. The first-order valence-electron chi connectivity index (χ1n) is 33.7. The number of ether oxygens (including phenoxy) is 4. The summed E-state index contributed by atoms with van der Waals surface area (Å²) in [6.45, 7) is 4.76. The molecule has 0 radical (unpaired) electrons. The number of aliphatic carboxylic acids is 1. The predicted octanol–water partition coefficient (Wildman–Crippen LogP) is 20.8. The molecule has 0 spiro atoms. The number of hydrogen-bond donors (Lipinski definition) is 1. The predicted molar refractivity (Wildman–Crippen MR) is 354 cm³/mol. The maximum absolute atomic E-state index is 12.9. The Morgan fingerprint density at radius 2 is 0.687 bits per heavy atom. The van der Waals surface area contributed by atoms with E-state index < -0.39 is 24.3 Å². The minimum absolute atomic E-state index is 0.183. The van der Waals surface area contributed by atoms with Crippen LogP contribution in [0.25, 0.3) is 0 Å². The molecule has 9 nitrogen and oxygen atoms in total. The van der Waals surface area contributed by atoms with E-state index in [-0.39, 0.29) is 32.2 Å². The highest BCUT2D eigenvalue weighted by molar-refractivity contribution is 5.71. The van der Waals surface area contributed by atoms with Gasteiger partial charge in [-0.1, -0.05) is 270 Å². The summed E-state index contributed by atoms with van der Waals surface area (Å²) in [4.78, 5) is 37.5. The number of quaternary nitrogens is 1. The molecule has 0 aliphatic carbocycles. The Labute approximate surface area is 510 Å². The zero-order valence-corrected chi connectivity index (χ0v) is 54.1. The minimum atomic E-state index is -1.52. The molecule has 0 saturated carbocycles. The van der Waals surface area contributed by atoms with E-state index >= 15 is 0 Å². The van der Waals surface area contributed by atoms with E-state index in [9.17, 15) is 19.5 Å². The summed E-state index contributed by atoms with van der Waals surface area (Å²) in [7, 11) is 5.97. The van der Waals surface area contributed by atoms with Gasteiger partial charge in [0.1, 0.15) is 13.2 Å². The van der Waals surface area contributed by atoms with E-state index in [0.29, 0.717) is 23.9 Å². The lowest BCUT2D eigenvalue weighted by Crippen LogP contribution is -2.40. The van der Waals surface area contributed by atoms with E-state index in [0.717, 1.165) is 103 Å². The summed E-state index contributed by atoms with van der Waals surface area (Å²) in [5.41, 5.74) is 0. The first kappa shape index (κ1) is 78.7. The number of nitrogens with zero attached hydrogens (tertiary/aromatic N) is 1. The summed E-state index contributed by atoms with van der Waals surface area (Å²) in [5.74, 6) is -2.01. The molecule has 0 saturated heterocycles. The molecule has 0 aliphatic rings. The first-order valence-corrected chi connectivity index (χ1v) is 33.7. The Hall–Kier alpha value is -4.31. The van der Waals surface area contributed by atoms with Crippen LogP contribution >= 0.6 is 0 Å². The Morgan fingerprint density at radius 1 is 0.373 bits per heavy atom. The fourth-order valence-corrected chi connectivity index (χ4v) is 9.06. The van der Waals surface area contributed by atoms with Gasteiger partial charge in [0.25, 0.3) is 6.29 Å². The van der Waals surface area contributed by atoms with E-state index in [4.69, 9.17) is 18.9 Å². The highest BCUT2D eigenvalue weighted by Gasteiger charge is 2.25. The van der Waals surface area contributed by atoms with Crippen molar-refractivity contribution in [3.8, 4) is 0 Å². The monoisotopic (exact) mass is 1160 g/mol. The van der Waals surface area contributed by atoms with Crippen molar-refractivity contribution < 1.29 is 42.9 Å². The van der Waals surface area contributed by atoms with Gasteiger partial charge in [-0.05, 0) is 109 Å². The van der Waals surface area contributed by atoms with Crippen molar-refractivity contribution in [1.29, 1.82) is 0 Å². The summed E-state index contributed by atoms with van der Waals surface area (Å²) in [6, 6.07) is 0. The molecule has 0 rings (SSSR count). The topological polar surface area (TPSA) is 108 Å². The SMILES string of the molecule is CC/C=C\C/C=C\C/C=C\C/C=C\C/C=C\C/C=C\C/C=C\C/C=C\C/C=C\CCCCCCCCCCCCCCCC(=O)OC(COC(=O)CCCCCCCCC/C=C\CCCCCCCC)COC(OCC[N+](C)(C)C)C(=O)O. The van der Waals surface area contributed by atoms with Crippen molar-refractivity contribution in [3.63, 3.8) is 0 Å². The molecular weight excluding hydrogens is 1030 g/mol. The molecule has 0 amide bonds. The van der Waals surface area contributed by atoms with Gasteiger partial charge in [0.2, 0.25) is 0 Å². The maximum atomic E-state index is 12.9. The van der Waals surface area contributed by atoms with Crippen molar-refractivity contribution in [2.45, 2.75) is 283 Å². The van der Waals surface area contributed by atoms with Gasteiger partial charge in [0.15, 0.2) is 6.10 Å². The number of allylic oxidation sites excluding steroid dienone is 20. The summed E-state index contributed by atoms with van der Waals surface area (Å²) in [5, 5.41) is 9.72. The van der Waals surface area contributed by atoms with E-state index in [2.05, 4.69) is 135 Å². The number of rotatable bonds is 61. The van der Waals surface area contributed by atoms with Gasteiger partial charge in [-0.3, -0.25) is 9.59 Å². The normalized spacial score (nSPS) is 13.5. The standard InChI is InChI=1S/C74H125NO8/c1-6-8-10-12-14-16-18-20-22-24-25-26-27-28-29-30-31-32-33-34-35-36-37-38-39-40-41-42-43-44-45-46-47-49-51-53-55-57-59-61-63-65-72(77)83-70(69-82-74(73(78)79)80-67-66-75(3,4)5)68-81-71(76)64-62-60-58-56-54-52-50-48-23-21-19-17-15-13-11-9-7-2/h8,10,14,16,20-23,25-26,28-29,31-32,34-35,37-38,40-41,70,74H,6-7,9,11-13,15,17-19,24,27,30,33,36,39,42-69H2,1-5H3/p+1/b10-8-,16-14-,22-20-,23-21-,26-25-,29-28-,32-31-,35-34-,38-37-,41-40-. The van der Waals surface area contributed by atoms with Gasteiger partial charge in [-0.15, -0.1) is 0 Å². The van der Waals surface area contributed by atoms with Crippen molar-refractivity contribution in [2.75, 3.05) is 47.5 Å². The van der Waals surface area contributed by atoms with Crippen LogP contribution in [0.4, 0.5) is 0 Å². The van der Waals surface area contributed by atoms with Crippen LogP contribution in [0.15, 0.2) is 122 Å². The van der Waals surface area contributed by atoms with E-state index in [1.807, 2.05) is 21.1 Å². The van der Waals surface area contributed by atoms with Gasteiger partial charge in [-0.25, -0.2) is 4.79 Å². The van der Waals surface area contributed by atoms with E-state index in [1.54, 1.807) is 0 Å². The van der Waals surface area contributed by atoms with Gasteiger partial charge >= 0.3 is 17.9 Å². The quantitative estimate of drug-likeness (QED) is 0.0211. The smallest absolute Gasteiger partial charge is 0.361 e. The molecule has 0 heterocycles. The zero-order chi connectivity index (χ0) is 60.5. The van der Waals surface area contributed by atoms with Crippen LogP contribution < -0.4 is 0 Å². The summed E-state index contributed by atoms with van der Waals surface area (Å²) < 4.78 is 22.9. The van der Waals surface area contributed by atoms with Crippen LogP contribution in [-0.2, 0) is 33.3 Å². The summed E-state index contributed by atoms with van der Waals surface area (Å²) >= 11 is 0. The average Bonchev–Trinajstić information content (AvgIpc) is 3.46. The van der Waals surface area contributed by atoms with Crippen LogP contribution in [0.2, 0.25) is 0 Å². The first-order chi connectivity index (χ1) is 40.6. The van der Waals surface area contributed by atoms with Crippen molar-refractivity contribution >= 4 is 17.9 Å². The van der Waals surface area contributed by atoms with Crippen LogP contribution in [0, 0.1) is 0 Å². The third-order valence-electron chi connectivity index (χ3n) is 14.2. The molecule has 0 aromatic rings. The Bertz CT molecular complexity index is 1780. The molecule has 0 fully saturated rings. The number of carbonyl (C=O) groups is 3. The largest absolute Gasteiger partial charge is 0.477 e. The van der Waals surface area contributed by atoms with Crippen LogP contribution in [-0.4, -0.2) is 87.4 Å². The van der Waals surface area contributed by atoms with Crippen molar-refractivity contribution in [1.82, 2.24) is 0 Å². The lowest BCUT2D eigenvalue weighted by atomic mass is 10.0. The molecule has 83 heavy (non-hydrogen) atoms. The average molecular weight is 1160 g/mol. The van der Waals surface area contributed by atoms with Gasteiger partial charge in [-0.2, -0.15) is 0 Å². The number of unbranched alkanes of at least 4 members (excludes halogenated alkanes) is 26. The third kappa shape index (κ3) is 65.1. The van der Waals surface area contributed by atoms with Crippen molar-refractivity contribution in [2.24, 2.45) is 0 Å². The van der Waals surface area contributed by atoms with E-state index in [1.165, 1.54) is 135 Å². The fraction of sp³-hybridized carbons (Fsp3) is 0.689. The number of esters is 2. The van der Waals surface area contributed by atoms with Gasteiger partial charge in [0.05, 0.1) is 34.4 Å². The molecule has 9 heteroatoms. The lowest BCUT2D eigenvalue weighted by molar-refractivity contribution is -0.870. The molecule has 0 aromatic heterocycles. The lowest BCUT2D eigenvalue weighted by Gasteiger charge is -2.25. The molecule has 0 aromatic carbocycles. The Morgan fingerprint density at radius 3 is 1.04 bits per heavy atom. The van der Waals surface area contributed by atoms with Gasteiger partial charge in [0, 0.05) is 12.8 Å². The second-order valence-corrected chi connectivity index (χ2v) is 23.4. The fourth-order valence-electron chi connectivity index (χ4n) is 9.06. The van der Waals surface area contributed by atoms with Crippen LogP contribution in [0.3, 0.4) is 0 Å². The highest BCUT2D eigenvalue weighted by atomic mass is 16.7. The molecule has 0 aliphatic heterocycles. The van der Waals surface area contributed by atoms with Gasteiger partial charge < -0.3 is 28.5 Å². The Kier molecular flexibility index (Phi) is 60.4. The maximum Gasteiger partial charge on any atom is 0.361 e. The van der Waals surface area contributed by atoms with Crippen LogP contribution in [0.1, 0.15) is 271 Å². The highest BCUT2D eigenvalue weighted by Crippen LogP contribution is 2.16. The number of hydrogen-bond acceptors (Lipinski definition) is 7. The van der Waals surface area contributed by atoms with Crippen molar-refractivity contribution in [3.05, 3.63) is 122 Å². The molecular formula is C74H126NO8+. The molecule has 0 bridgehead atoms. The van der Waals surface area contributed by atoms with Crippen LogP contribution in [0.5, 0.6) is 0 Å². The number of likely N-dealkylation sites (N-methyl/N-ethyl adjacent to an activating group) is 1. The number of carbonyl (C=O) groups excluding carboxylic acids is 2. The number of carboxylic acid groups (broad SMARTS) is 1. The third-order valence-corrected chi connectivity index (χ3v) is 14.2. The zero-order valence-electron chi connectivity index (χ0n) is 54.1. The number of carboxylic acids is 1. The molecule has 2 atom stereocenters. The second-order valence-electron chi connectivity index (χ2n) is 23.4. The minimum Gasteiger partial charge on any atom is -0.477 e. The molecule has 2 unspecified atom stereocenters. The Balaban J connectivity index is 4.09.